The van der Waals surface area contributed by atoms with E-state index in [2.05, 4.69) is 9.44 Å². The van der Waals surface area contributed by atoms with Gasteiger partial charge < -0.3 is 5.73 Å². The van der Waals surface area contributed by atoms with Crippen molar-refractivity contribution in [3.05, 3.63) is 29.8 Å². The molecule has 0 saturated heterocycles. The Labute approximate surface area is 109 Å². The summed E-state index contributed by atoms with van der Waals surface area (Å²) in [6.07, 6.45) is 0. The van der Waals surface area contributed by atoms with Gasteiger partial charge in [0.15, 0.2) is 0 Å². The maximum Gasteiger partial charge on any atom is 0.299 e. The number of nitrogens with one attached hydrogen (secondary N) is 2. The molecule has 0 fully saturated rings. The van der Waals surface area contributed by atoms with Crippen LogP contribution in [0.3, 0.4) is 0 Å². The normalized spacial score (nSPS) is 13.6. The van der Waals surface area contributed by atoms with E-state index in [1.807, 2.05) is 26.8 Å². The third-order valence-corrected chi connectivity index (χ3v) is 3.40. The van der Waals surface area contributed by atoms with Crippen LogP contribution in [0, 0.1) is 5.92 Å². The van der Waals surface area contributed by atoms with Crippen molar-refractivity contribution in [2.45, 2.75) is 26.8 Å². The average Bonchev–Trinajstić information content (AvgIpc) is 2.26. The zero-order chi connectivity index (χ0) is 13.8. The summed E-state index contributed by atoms with van der Waals surface area (Å²) in [7, 11) is -3.51. The summed E-state index contributed by atoms with van der Waals surface area (Å²) in [4.78, 5) is 0. The van der Waals surface area contributed by atoms with Crippen molar-refractivity contribution in [1.29, 1.82) is 0 Å². The molecule has 102 valence electrons. The minimum atomic E-state index is -3.51. The predicted molar refractivity (Wildman–Crippen MR) is 74.4 cm³/mol. The van der Waals surface area contributed by atoms with E-state index in [-0.39, 0.29) is 12.0 Å². The van der Waals surface area contributed by atoms with Gasteiger partial charge in [-0.1, -0.05) is 26.0 Å². The topological polar surface area (TPSA) is 84.2 Å². The van der Waals surface area contributed by atoms with Gasteiger partial charge in [-0.2, -0.15) is 13.1 Å². The summed E-state index contributed by atoms with van der Waals surface area (Å²) in [6.45, 7) is 6.14. The van der Waals surface area contributed by atoms with E-state index in [4.69, 9.17) is 5.73 Å². The molecule has 0 saturated carbocycles. The molecule has 0 bridgehead atoms. The molecule has 0 spiro atoms. The average molecular weight is 271 g/mol. The molecule has 1 rings (SSSR count). The second-order valence-electron chi connectivity index (χ2n) is 4.76. The Hall–Kier alpha value is -1.11. The Morgan fingerprint density at radius 1 is 1.28 bits per heavy atom. The van der Waals surface area contributed by atoms with E-state index < -0.39 is 10.2 Å². The van der Waals surface area contributed by atoms with Gasteiger partial charge in [0.25, 0.3) is 10.2 Å². The first-order chi connectivity index (χ1) is 8.30. The molecule has 0 heterocycles. The Balaban J connectivity index is 2.75. The SMILES string of the molecule is CC(C)CNS(=O)(=O)Nc1cccc(C(C)N)c1. The van der Waals surface area contributed by atoms with Crippen molar-refractivity contribution in [2.75, 3.05) is 11.3 Å². The van der Waals surface area contributed by atoms with E-state index in [1.165, 1.54) is 0 Å². The maximum absolute atomic E-state index is 11.7. The molecule has 6 heteroatoms. The molecule has 0 aromatic heterocycles. The monoisotopic (exact) mass is 271 g/mol. The van der Waals surface area contributed by atoms with Gasteiger partial charge >= 0.3 is 0 Å². The fourth-order valence-corrected chi connectivity index (χ4v) is 2.42. The van der Waals surface area contributed by atoms with Gasteiger partial charge in [-0.15, -0.1) is 0 Å². The molecule has 0 aliphatic carbocycles. The number of anilines is 1. The first kappa shape index (κ1) is 14.9. The molecule has 0 aliphatic rings. The molecular formula is C12H21N3O2S. The zero-order valence-corrected chi connectivity index (χ0v) is 11.8. The lowest BCUT2D eigenvalue weighted by Gasteiger charge is -2.12. The molecule has 0 amide bonds. The highest BCUT2D eigenvalue weighted by atomic mass is 32.2. The van der Waals surface area contributed by atoms with E-state index in [0.29, 0.717) is 12.2 Å². The van der Waals surface area contributed by atoms with Crippen molar-refractivity contribution in [2.24, 2.45) is 11.7 Å². The maximum atomic E-state index is 11.7. The summed E-state index contributed by atoms with van der Waals surface area (Å²) in [5.41, 5.74) is 7.15. The van der Waals surface area contributed by atoms with Crippen molar-refractivity contribution in [3.63, 3.8) is 0 Å². The van der Waals surface area contributed by atoms with E-state index >= 15 is 0 Å². The third kappa shape index (κ3) is 5.03. The van der Waals surface area contributed by atoms with Gasteiger partial charge in [-0.25, -0.2) is 0 Å². The Morgan fingerprint density at radius 2 is 1.94 bits per heavy atom. The number of rotatable bonds is 6. The predicted octanol–water partition coefficient (Wildman–Crippen LogP) is 1.61. The van der Waals surface area contributed by atoms with Gasteiger partial charge in [0.2, 0.25) is 0 Å². The van der Waals surface area contributed by atoms with Crippen molar-refractivity contribution >= 4 is 15.9 Å². The van der Waals surface area contributed by atoms with E-state index in [1.54, 1.807) is 18.2 Å². The van der Waals surface area contributed by atoms with Crippen molar-refractivity contribution in [3.8, 4) is 0 Å². The van der Waals surface area contributed by atoms with Crippen LogP contribution >= 0.6 is 0 Å². The highest BCUT2D eigenvalue weighted by Gasteiger charge is 2.10. The minimum absolute atomic E-state index is 0.127. The van der Waals surface area contributed by atoms with Crippen LogP contribution in [0.25, 0.3) is 0 Å². The van der Waals surface area contributed by atoms with Crippen LogP contribution in [0.5, 0.6) is 0 Å². The summed E-state index contributed by atoms with van der Waals surface area (Å²) >= 11 is 0. The number of hydrogen-bond donors (Lipinski definition) is 3. The summed E-state index contributed by atoms with van der Waals surface area (Å²) in [5, 5.41) is 0. The summed E-state index contributed by atoms with van der Waals surface area (Å²) in [6, 6.07) is 6.95. The summed E-state index contributed by atoms with van der Waals surface area (Å²) in [5.74, 6) is 0.261. The van der Waals surface area contributed by atoms with Crippen LogP contribution in [0.15, 0.2) is 24.3 Å². The van der Waals surface area contributed by atoms with E-state index in [0.717, 1.165) is 5.56 Å². The lowest BCUT2D eigenvalue weighted by atomic mass is 10.1. The van der Waals surface area contributed by atoms with Gasteiger partial charge in [-0.3, -0.25) is 4.72 Å². The van der Waals surface area contributed by atoms with E-state index in [9.17, 15) is 8.42 Å². The molecule has 1 aromatic carbocycles. The van der Waals surface area contributed by atoms with Gasteiger partial charge in [0.05, 0.1) is 5.69 Å². The van der Waals surface area contributed by atoms with Crippen LogP contribution in [-0.2, 0) is 10.2 Å². The highest BCUT2D eigenvalue weighted by molar-refractivity contribution is 7.90. The second-order valence-corrected chi connectivity index (χ2v) is 6.26. The molecule has 0 aliphatic heterocycles. The number of hydrogen-bond acceptors (Lipinski definition) is 3. The van der Waals surface area contributed by atoms with Crippen LogP contribution in [-0.4, -0.2) is 15.0 Å². The Bertz CT molecular complexity index is 484. The molecule has 0 radical (unpaired) electrons. The molecule has 18 heavy (non-hydrogen) atoms. The van der Waals surface area contributed by atoms with Gasteiger partial charge in [-0.05, 0) is 30.5 Å². The standard InChI is InChI=1S/C12H21N3O2S/c1-9(2)8-14-18(16,17)15-12-6-4-5-11(7-12)10(3)13/h4-7,9-10,14-15H,8,13H2,1-3H3. The van der Waals surface area contributed by atoms with Crippen LogP contribution in [0.2, 0.25) is 0 Å². The van der Waals surface area contributed by atoms with Crippen LogP contribution < -0.4 is 15.2 Å². The fourth-order valence-electron chi connectivity index (χ4n) is 1.35. The summed E-state index contributed by atoms with van der Waals surface area (Å²) < 4.78 is 28.4. The number of benzene rings is 1. The lowest BCUT2D eigenvalue weighted by molar-refractivity contribution is 0.565. The molecule has 1 atom stereocenters. The molecule has 4 N–H and O–H groups in total. The number of nitrogens with two attached hydrogens (primary N) is 1. The van der Waals surface area contributed by atoms with Gasteiger partial charge in [0, 0.05) is 12.6 Å². The second kappa shape index (κ2) is 6.17. The zero-order valence-electron chi connectivity index (χ0n) is 11.0. The van der Waals surface area contributed by atoms with Crippen molar-refractivity contribution < 1.29 is 8.42 Å². The van der Waals surface area contributed by atoms with Crippen LogP contribution in [0.4, 0.5) is 5.69 Å². The molecule has 5 nitrogen and oxygen atoms in total. The lowest BCUT2D eigenvalue weighted by Crippen LogP contribution is -2.32. The Kier molecular flexibility index (Phi) is 5.13. The first-order valence-electron chi connectivity index (χ1n) is 5.93. The molecule has 1 aromatic rings. The first-order valence-corrected chi connectivity index (χ1v) is 7.41. The van der Waals surface area contributed by atoms with Crippen LogP contribution in [0.1, 0.15) is 32.4 Å². The molecular weight excluding hydrogens is 250 g/mol. The Morgan fingerprint density at radius 3 is 2.50 bits per heavy atom. The highest BCUT2D eigenvalue weighted by Crippen LogP contribution is 2.16. The largest absolute Gasteiger partial charge is 0.324 e. The smallest absolute Gasteiger partial charge is 0.299 e. The third-order valence-electron chi connectivity index (χ3n) is 2.35. The molecule has 1 unspecified atom stereocenters. The van der Waals surface area contributed by atoms with Gasteiger partial charge in [0.1, 0.15) is 0 Å². The quantitative estimate of drug-likeness (QED) is 0.735. The van der Waals surface area contributed by atoms with Crippen molar-refractivity contribution in [1.82, 2.24) is 4.72 Å². The minimum Gasteiger partial charge on any atom is -0.324 e. The fraction of sp³-hybridized carbons (Fsp3) is 0.500.